The van der Waals surface area contributed by atoms with E-state index in [1.54, 1.807) is 0 Å². The van der Waals surface area contributed by atoms with Gasteiger partial charge < -0.3 is 10.5 Å². The number of nitro benzene ring substituents is 1. The molecule has 0 bridgehead atoms. The fraction of sp³-hybridized carbons (Fsp3) is 0.500. The summed E-state index contributed by atoms with van der Waals surface area (Å²) in [7, 11) is 0. The number of nitrogens with zero attached hydrogens (tertiary/aromatic N) is 2. The predicted molar refractivity (Wildman–Crippen MR) is 76.9 cm³/mol. The van der Waals surface area contributed by atoms with E-state index in [4.69, 9.17) is 0 Å². The molecule has 0 amide bonds. The van der Waals surface area contributed by atoms with Crippen molar-refractivity contribution in [3.05, 3.63) is 33.9 Å². The predicted octanol–water partition coefficient (Wildman–Crippen LogP) is 2.80. The molecular weight excluding hydrogens is 258 g/mol. The van der Waals surface area contributed by atoms with Crippen molar-refractivity contribution in [1.29, 1.82) is 0 Å². The second-order valence-electron chi connectivity index (χ2n) is 5.12. The van der Waals surface area contributed by atoms with E-state index in [1.165, 1.54) is 56.5 Å². The summed E-state index contributed by atoms with van der Waals surface area (Å²) >= 11 is 0. The quantitative estimate of drug-likeness (QED) is 0.492. The SMILES string of the molecule is O=[N+]([O-])c1ccc(O)c(/C=N/NCC2CCCCC2)c1. The van der Waals surface area contributed by atoms with E-state index < -0.39 is 4.92 Å². The number of nitro groups is 1. The van der Waals surface area contributed by atoms with Crippen LogP contribution in [0.2, 0.25) is 0 Å². The number of nitrogens with one attached hydrogen (secondary N) is 1. The van der Waals surface area contributed by atoms with Crippen LogP contribution in [0.1, 0.15) is 37.7 Å². The average Bonchev–Trinajstić information content (AvgIpc) is 2.46. The fourth-order valence-corrected chi connectivity index (χ4v) is 2.45. The molecule has 1 saturated carbocycles. The number of phenolic OH excluding ortho intramolecular Hbond substituents is 1. The van der Waals surface area contributed by atoms with E-state index >= 15 is 0 Å². The van der Waals surface area contributed by atoms with Gasteiger partial charge in [-0.1, -0.05) is 19.3 Å². The van der Waals surface area contributed by atoms with Crippen molar-refractivity contribution >= 4 is 11.9 Å². The minimum absolute atomic E-state index is 0.0150. The minimum atomic E-state index is -0.494. The molecule has 1 aliphatic rings. The van der Waals surface area contributed by atoms with Gasteiger partial charge in [0.1, 0.15) is 5.75 Å². The van der Waals surface area contributed by atoms with Crippen molar-refractivity contribution in [2.75, 3.05) is 6.54 Å². The molecule has 0 unspecified atom stereocenters. The third kappa shape index (κ3) is 3.94. The number of hydrazone groups is 1. The lowest BCUT2D eigenvalue weighted by atomic mass is 9.89. The van der Waals surface area contributed by atoms with E-state index in [0.29, 0.717) is 11.5 Å². The van der Waals surface area contributed by atoms with Crippen LogP contribution in [-0.2, 0) is 0 Å². The van der Waals surface area contributed by atoms with Crippen molar-refractivity contribution in [3.8, 4) is 5.75 Å². The molecule has 1 aliphatic carbocycles. The fourth-order valence-electron chi connectivity index (χ4n) is 2.45. The molecule has 6 heteroatoms. The maximum atomic E-state index is 10.7. The Bertz CT molecular complexity index is 496. The Morgan fingerprint density at radius 1 is 1.40 bits per heavy atom. The highest BCUT2D eigenvalue weighted by Crippen LogP contribution is 2.23. The molecule has 6 nitrogen and oxygen atoms in total. The third-order valence-electron chi connectivity index (χ3n) is 3.62. The Morgan fingerprint density at radius 3 is 2.85 bits per heavy atom. The number of hydrogen-bond donors (Lipinski definition) is 2. The first-order valence-corrected chi connectivity index (χ1v) is 6.90. The van der Waals surface area contributed by atoms with Gasteiger partial charge in [0.05, 0.1) is 11.1 Å². The Hall–Kier alpha value is -2.11. The normalized spacial score (nSPS) is 16.4. The number of hydrogen-bond acceptors (Lipinski definition) is 5. The molecule has 0 aliphatic heterocycles. The van der Waals surface area contributed by atoms with Gasteiger partial charge in [-0.2, -0.15) is 5.10 Å². The maximum absolute atomic E-state index is 10.7. The van der Waals surface area contributed by atoms with Gasteiger partial charge in [-0.15, -0.1) is 0 Å². The highest BCUT2D eigenvalue weighted by atomic mass is 16.6. The van der Waals surface area contributed by atoms with Gasteiger partial charge in [0.25, 0.3) is 5.69 Å². The van der Waals surface area contributed by atoms with Crippen molar-refractivity contribution in [2.45, 2.75) is 32.1 Å². The molecule has 108 valence electrons. The average molecular weight is 277 g/mol. The summed E-state index contributed by atoms with van der Waals surface area (Å²) in [6, 6.07) is 3.88. The van der Waals surface area contributed by atoms with Crippen LogP contribution in [0.25, 0.3) is 0 Å². The van der Waals surface area contributed by atoms with Crippen LogP contribution in [0.5, 0.6) is 5.75 Å². The monoisotopic (exact) mass is 277 g/mol. The molecular formula is C14H19N3O3. The van der Waals surface area contributed by atoms with Crippen LogP contribution < -0.4 is 5.43 Å². The molecule has 0 heterocycles. The Labute approximate surface area is 117 Å². The highest BCUT2D eigenvalue weighted by molar-refractivity contribution is 5.84. The first kappa shape index (κ1) is 14.3. The molecule has 2 rings (SSSR count). The maximum Gasteiger partial charge on any atom is 0.270 e. The van der Waals surface area contributed by atoms with E-state index in [0.717, 1.165) is 6.54 Å². The number of aromatic hydroxyl groups is 1. The van der Waals surface area contributed by atoms with Gasteiger partial charge in [0.2, 0.25) is 0 Å². The van der Waals surface area contributed by atoms with Crippen LogP contribution in [0.15, 0.2) is 23.3 Å². The molecule has 20 heavy (non-hydrogen) atoms. The molecule has 1 aromatic carbocycles. The first-order valence-electron chi connectivity index (χ1n) is 6.90. The van der Waals surface area contributed by atoms with Crippen LogP contribution in [0, 0.1) is 16.0 Å². The molecule has 1 fully saturated rings. The van der Waals surface area contributed by atoms with E-state index in [2.05, 4.69) is 10.5 Å². The summed E-state index contributed by atoms with van der Waals surface area (Å²) < 4.78 is 0. The van der Waals surface area contributed by atoms with Crippen LogP contribution in [-0.4, -0.2) is 22.8 Å². The van der Waals surface area contributed by atoms with Crippen LogP contribution in [0.4, 0.5) is 5.69 Å². The van der Waals surface area contributed by atoms with Gasteiger partial charge in [-0.3, -0.25) is 10.1 Å². The first-order chi connectivity index (χ1) is 9.66. The van der Waals surface area contributed by atoms with Gasteiger partial charge >= 0.3 is 0 Å². The van der Waals surface area contributed by atoms with Gasteiger partial charge in [-0.25, -0.2) is 0 Å². The zero-order valence-electron chi connectivity index (χ0n) is 11.3. The van der Waals surface area contributed by atoms with E-state index in [-0.39, 0.29) is 11.4 Å². The number of phenols is 1. The number of non-ortho nitro benzene ring substituents is 1. The number of benzene rings is 1. The largest absolute Gasteiger partial charge is 0.507 e. The van der Waals surface area contributed by atoms with Crippen molar-refractivity contribution in [1.82, 2.24) is 5.43 Å². The summed E-state index contributed by atoms with van der Waals surface area (Å²) in [5.74, 6) is 0.637. The summed E-state index contributed by atoms with van der Waals surface area (Å²) in [6.07, 6.45) is 7.76. The van der Waals surface area contributed by atoms with Crippen molar-refractivity contribution < 1.29 is 10.0 Å². The lowest BCUT2D eigenvalue weighted by Crippen LogP contribution is -2.20. The zero-order chi connectivity index (χ0) is 14.4. The van der Waals surface area contributed by atoms with Crippen molar-refractivity contribution in [3.63, 3.8) is 0 Å². The standard InChI is InChI=1S/C14H19N3O3/c18-14-7-6-13(17(19)20)8-12(14)10-16-15-9-11-4-2-1-3-5-11/h6-8,10-11,15,18H,1-5,9H2/b16-10+. The second kappa shape index (κ2) is 6.88. The molecule has 2 N–H and O–H groups in total. The summed E-state index contributed by atoms with van der Waals surface area (Å²) in [5, 5.41) is 24.3. The lowest BCUT2D eigenvalue weighted by molar-refractivity contribution is -0.384. The smallest absolute Gasteiger partial charge is 0.270 e. The molecule has 0 saturated heterocycles. The number of rotatable bonds is 5. The van der Waals surface area contributed by atoms with Crippen molar-refractivity contribution in [2.24, 2.45) is 11.0 Å². The molecule has 0 atom stereocenters. The molecule has 1 aromatic rings. The topological polar surface area (TPSA) is 87.8 Å². The van der Waals surface area contributed by atoms with E-state index in [9.17, 15) is 15.2 Å². The molecule has 0 spiro atoms. The summed E-state index contributed by atoms with van der Waals surface area (Å²) in [6.45, 7) is 0.812. The van der Waals surface area contributed by atoms with E-state index in [1.807, 2.05) is 0 Å². The Kier molecular flexibility index (Phi) is 4.92. The van der Waals surface area contributed by atoms with Gasteiger partial charge in [0.15, 0.2) is 0 Å². The summed E-state index contributed by atoms with van der Waals surface area (Å²) in [5.41, 5.74) is 3.25. The highest BCUT2D eigenvalue weighted by Gasteiger charge is 2.12. The third-order valence-corrected chi connectivity index (χ3v) is 3.62. The van der Waals surface area contributed by atoms with Crippen LogP contribution in [0.3, 0.4) is 0 Å². The summed E-state index contributed by atoms with van der Waals surface area (Å²) in [4.78, 5) is 10.2. The van der Waals surface area contributed by atoms with Gasteiger partial charge in [-0.05, 0) is 24.8 Å². The van der Waals surface area contributed by atoms with Gasteiger partial charge in [0, 0.05) is 24.2 Å². The Balaban J connectivity index is 1.90. The Morgan fingerprint density at radius 2 is 2.15 bits per heavy atom. The molecule has 0 radical (unpaired) electrons. The molecule has 0 aromatic heterocycles. The minimum Gasteiger partial charge on any atom is -0.507 e. The van der Waals surface area contributed by atoms with Crippen LogP contribution >= 0.6 is 0 Å². The lowest BCUT2D eigenvalue weighted by Gasteiger charge is -2.20. The second-order valence-corrected chi connectivity index (χ2v) is 5.12. The zero-order valence-corrected chi connectivity index (χ0v) is 11.3.